The molecule has 172 valence electrons. The Labute approximate surface area is 190 Å². The number of carbonyl (C=O) groups is 2. The summed E-state index contributed by atoms with van der Waals surface area (Å²) in [4.78, 5) is 33.4. The van der Waals surface area contributed by atoms with E-state index in [0.29, 0.717) is 24.2 Å². The number of hydrogen-bond donors (Lipinski definition) is 0. The molecule has 1 aromatic heterocycles. The van der Waals surface area contributed by atoms with Gasteiger partial charge in [0.2, 0.25) is 11.8 Å². The molecule has 2 amide bonds. The van der Waals surface area contributed by atoms with Gasteiger partial charge in [-0.05, 0) is 62.8 Å². The number of aromatic nitrogens is 3. The SMILES string of the molecule is CC(C(=O)N1CCC(CCC(=O)N2CCC(Cc3ccccc3)CC2)CC1)n1cncn1. The van der Waals surface area contributed by atoms with E-state index in [2.05, 4.69) is 45.3 Å². The van der Waals surface area contributed by atoms with Crippen LogP contribution in [-0.2, 0) is 16.0 Å². The molecule has 0 N–H and O–H groups in total. The summed E-state index contributed by atoms with van der Waals surface area (Å²) < 4.78 is 1.61. The lowest BCUT2D eigenvalue weighted by Gasteiger charge is -2.35. The van der Waals surface area contributed by atoms with E-state index in [1.807, 2.05) is 11.8 Å². The van der Waals surface area contributed by atoms with Gasteiger partial charge < -0.3 is 9.80 Å². The van der Waals surface area contributed by atoms with E-state index < -0.39 is 0 Å². The van der Waals surface area contributed by atoms with Crippen LogP contribution in [-0.4, -0.2) is 62.6 Å². The number of rotatable bonds is 7. The zero-order valence-electron chi connectivity index (χ0n) is 19.1. The van der Waals surface area contributed by atoms with Crippen molar-refractivity contribution in [1.82, 2.24) is 24.6 Å². The van der Waals surface area contributed by atoms with Crippen molar-refractivity contribution in [3.8, 4) is 0 Å². The third-order valence-electron chi connectivity index (χ3n) is 7.22. The maximum atomic E-state index is 12.7. The van der Waals surface area contributed by atoms with Crippen LogP contribution in [0.1, 0.15) is 57.1 Å². The predicted molar refractivity (Wildman–Crippen MR) is 123 cm³/mol. The van der Waals surface area contributed by atoms with Gasteiger partial charge >= 0.3 is 0 Å². The Bertz CT molecular complexity index is 854. The average molecular weight is 438 g/mol. The summed E-state index contributed by atoms with van der Waals surface area (Å²) in [7, 11) is 0. The van der Waals surface area contributed by atoms with Gasteiger partial charge in [-0.1, -0.05) is 30.3 Å². The van der Waals surface area contributed by atoms with Crippen molar-refractivity contribution in [3.05, 3.63) is 48.5 Å². The highest BCUT2D eigenvalue weighted by Crippen LogP contribution is 2.26. The summed E-state index contributed by atoms with van der Waals surface area (Å²) in [5.74, 6) is 1.62. The minimum Gasteiger partial charge on any atom is -0.343 e. The van der Waals surface area contributed by atoms with Gasteiger partial charge in [0.05, 0.1) is 0 Å². The Hall–Kier alpha value is -2.70. The fraction of sp³-hybridized carbons (Fsp3) is 0.600. The molecule has 2 aliphatic rings. The molecule has 3 heterocycles. The fourth-order valence-electron chi connectivity index (χ4n) is 5.06. The predicted octanol–water partition coefficient (Wildman–Crippen LogP) is 3.34. The third-order valence-corrected chi connectivity index (χ3v) is 7.22. The summed E-state index contributed by atoms with van der Waals surface area (Å²) in [6, 6.07) is 10.3. The Morgan fingerprint density at radius 2 is 1.62 bits per heavy atom. The highest BCUT2D eigenvalue weighted by Gasteiger charge is 2.28. The maximum absolute atomic E-state index is 12.7. The van der Waals surface area contributed by atoms with Crippen molar-refractivity contribution >= 4 is 11.8 Å². The van der Waals surface area contributed by atoms with Gasteiger partial charge in [-0.3, -0.25) is 9.59 Å². The highest BCUT2D eigenvalue weighted by molar-refractivity contribution is 5.80. The molecule has 2 saturated heterocycles. The second-order valence-electron chi connectivity index (χ2n) is 9.37. The molecule has 1 aromatic carbocycles. The van der Waals surface area contributed by atoms with Crippen LogP contribution in [0.2, 0.25) is 0 Å². The van der Waals surface area contributed by atoms with Gasteiger partial charge in [-0.15, -0.1) is 0 Å². The van der Waals surface area contributed by atoms with Gasteiger partial charge in [0.15, 0.2) is 0 Å². The molecule has 1 unspecified atom stereocenters. The second kappa shape index (κ2) is 10.7. The minimum absolute atomic E-state index is 0.100. The van der Waals surface area contributed by atoms with E-state index in [1.165, 1.54) is 11.9 Å². The molecule has 0 aliphatic carbocycles. The smallest absolute Gasteiger partial charge is 0.247 e. The molecular weight excluding hydrogens is 402 g/mol. The summed E-state index contributed by atoms with van der Waals surface area (Å²) in [5.41, 5.74) is 1.40. The summed E-state index contributed by atoms with van der Waals surface area (Å²) in [5, 5.41) is 4.08. The molecule has 0 bridgehead atoms. The van der Waals surface area contributed by atoms with Gasteiger partial charge in [0, 0.05) is 32.6 Å². The largest absolute Gasteiger partial charge is 0.343 e. The van der Waals surface area contributed by atoms with Gasteiger partial charge in [-0.25, -0.2) is 9.67 Å². The third kappa shape index (κ3) is 5.75. The standard InChI is InChI=1S/C25H35N5O2/c1-20(30-19-26-18-27-30)25(32)29-15-9-21(10-16-29)7-8-24(31)28-13-11-23(12-14-28)17-22-5-3-2-4-6-22/h2-6,18-21,23H,7-17H2,1H3. The van der Waals surface area contributed by atoms with Crippen molar-refractivity contribution in [2.24, 2.45) is 11.8 Å². The van der Waals surface area contributed by atoms with Crippen LogP contribution in [0.15, 0.2) is 43.0 Å². The maximum Gasteiger partial charge on any atom is 0.247 e. The quantitative estimate of drug-likeness (QED) is 0.666. The topological polar surface area (TPSA) is 71.3 Å². The number of benzene rings is 1. The number of carbonyl (C=O) groups excluding carboxylic acids is 2. The Morgan fingerprint density at radius 1 is 0.969 bits per heavy atom. The molecular formula is C25H35N5O2. The Balaban J connectivity index is 1.14. The first-order valence-corrected chi connectivity index (χ1v) is 12.0. The Kier molecular flexibility index (Phi) is 7.55. The lowest BCUT2D eigenvalue weighted by molar-refractivity contribution is -0.137. The van der Waals surface area contributed by atoms with Crippen LogP contribution < -0.4 is 0 Å². The summed E-state index contributed by atoms with van der Waals surface area (Å²) in [6.07, 6.45) is 9.89. The van der Waals surface area contributed by atoms with Crippen molar-refractivity contribution in [2.75, 3.05) is 26.2 Å². The number of nitrogens with zero attached hydrogens (tertiary/aromatic N) is 5. The van der Waals surface area contributed by atoms with E-state index in [9.17, 15) is 9.59 Å². The van der Waals surface area contributed by atoms with Crippen LogP contribution in [0.3, 0.4) is 0 Å². The molecule has 0 radical (unpaired) electrons. The van der Waals surface area contributed by atoms with Crippen molar-refractivity contribution in [3.63, 3.8) is 0 Å². The van der Waals surface area contributed by atoms with E-state index in [-0.39, 0.29) is 11.9 Å². The van der Waals surface area contributed by atoms with E-state index in [4.69, 9.17) is 0 Å². The lowest BCUT2D eigenvalue weighted by Crippen LogP contribution is -2.42. The lowest BCUT2D eigenvalue weighted by atomic mass is 9.89. The Morgan fingerprint density at radius 3 is 2.28 bits per heavy atom. The average Bonchev–Trinajstić information content (AvgIpc) is 3.38. The molecule has 2 aliphatic heterocycles. The first-order valence-electron chi connectivity index (χ1n) is 12.0. The number of likely N-dealkylation sites (tertiary alicyclic amines) is 2. The second-order valence-corrected chi connectivity index (χ2v) is 9.37. The van der Waals surface area contributed by atoms with Crippen LogP contribution in [0, 0.1) is 11.8 Å². The van der Waals surface area contributed by atoms with Crippen LogP contribution in [0.5, 0.6) is 0 Å². The minimum atomic E-state index is -0.319. The molecule has 1 atom stereocenters. The molecule has 7 heteroatoms. The zero-order valence-corrected chi connectivity index (χ0v) is 19.1. The normalized spacial score (nSPS) is 19.2. The first-order chi connectivity index (χ1) is 15.6. The fourth-order valence-corrected chi connectivity index (χ4v) is 5.06. The van der Waals surface area contributed by atoms with E-state index in [1.54, 1.807) is 11.0 Å². The number of hydrogen-bond acceptors (Lipinski definition) is 4. The monoisotopic (exact) mass is 437 g/mol. The van der Waals surface area contributed by atoms with Crippen molar-refractivity contribution in [2.45, 2.75) is 57.9 Å². The van der Waals surface area contributed by atoms with Crippen molar-refractivity contribution in [1.29, 1.82) is 0 Å². The number of amides is 2. The molecule has 32 heavy (non-hydrogen) atoms. The van der Waals surface area contributed by atoms with Crippen molar-refractivity contribution < 1.29 is 9.59 Å². The van der Waals surface area contributed by atoms with Crippen LogP contribution in [0.4, 0.5) is 0 Å². The highest BCUT2D eigenvalue weighted by atomic mass is 16.2. The first kappa shape index (κ1) is 22.5. The molecule has 2 aromatic rings. The van der Waals surface area contributed by atoms with Crippen LogP contribution >= 0.6 is 0 Å². The van der Waals surface area contributed by atoms with Gasteiger partial charge in [-0.2, -0.15) is 5.10 Å². The molecule has 0 saturated carbocycles. The molecule has 7 nitrogen and oxygen atoms in total. The summed E-state index contributed by atoms with van der Waals surface area (Å²) in [6.45, 7) is 5.18. The van der Waals surface area contributed by atoms with Gasteiger partial charge in [0.25, 0.3) is 0 Å². The van der Waals surface area contributed by atoms with E-state index >= 15 is 0 Å². The molecule has 0 spiro atoms. The van der Waals surface area contributed by atoms with Crippen LogP contribution in [0.25, 0.3) is 0 Å². The van der Waals surface area contributed by atoms with Gasteiger partial charge in [0.1, 0.15) is 18.7 Å². The molecule has 4 rings (SSSR count). The number of piperidine rings is 2. The van der Waals surface area contributed by atoms with E-state index in [0.717, 1.165) is 64.7 Å². The summed E-state index contributed by atoms with van der Waals surface area (Å²) >= 11 is 0. The zero-order chi connectivity index (χ0) is 22.3. The molecule has 2 fully saturated rings.